The first-order chi connectivity index (χ1) is 10.0. The topological polar surface area (TPSA) is 96.5 Å². The van der Waals surface area contributed by atoms with Gasteiger partial charge in [-0.25, -0.2) is 4.79 Å². The Bertz CT molecular complexity index is 547. The summed E-state index contributed by atoms with van der Waals surface area (Å²) in [6.45, 7) is 0.131. The second-order valence-electron chi connectivity index (χ2n) is 4.40. The molecule has 0 spiro atoms. The molecule has 2 rings (SSSR count). The normalized spacial score (nSPS) is 17.1. The van der Waals surface area contributed by atoms with Gasteiger partial charge in [0.15, 0.2) is 6.61 Å². The number of nitrogens with one attached hydrogen (secondary N) is 3. The molecule has 1 heterocycles. The Morgan fingerprint density at radius 3 is 2.62 bits per heavy atom. The Morgan fingerprint density at radius 1 is 1.29 bits per heavy atom. The maximum absolute atomic E-state index is 11.6. The van der Waals surface area contributed by atoms with Gasteiger partial charge in [-0.1, -0.05) is 11.6 Å². The Labute approximate surface area is 126 Å². The van der Waals surface area contributed by atoms with E-state index in [9.17, 15) is 14.4 Å². The van der Waals surface area contributed by atoms with Gasteiger partial charge in [-0.3, -0.25) is 14.9 Å². The molecule has 1 aliphatic rings. The lowest BCUT2D eigenvalue weighted by molar-refractivity contribution is -0.124. The lowest BCUT2D eigenvalue weighted by Gasteiger charge is -2.09. The Balaban J connectivity index is 1.65. The minimum absolute atomic E-state index is 0.134. The third-order valence-corrected chi connectivity index (χ3v) is 3.05. The van der Waals surface area contributed by atoms with E-state index < -0.39 is 12.1 Å². The van der Waals surface area contributed by atoms with Gasteiger partial charge in [0.2, 0.25) is 0 Å². The van der Waals surface area contributed by atoms with Gasteiger partial charge >= 0.3 is 6.03 Å². The Hall–Kier alpha value is -2.28. The molecule has 1 saturated heterocycles. The average Bonchev–Trinajstić information content (AvgIpc) is 2.76. The van der Waals surface area contributed by atoms with Gasteiger partial charge in [-0.05, 0) is 30.7 Å². The maximum atomic E-state index is 11.6. The summed E-state index contributed by atoms with van der Waals surface area (Å²) in [5.74, 6) is -0.154. The summed E-state index contributed by atoms with van der Waals surface area (Å²) in [7, 11) is 0. The van der Waals surface area contributed by atoms with E-state index in [1.807, 2.05) is 0 Å². The molecule has 0 saturated carbocycles. The third-order valence-electron chi connectivity index (χ3n) is 2.80. The third kappa shape index (κ3) is 4.64. The smallest absolute Gasteiger partial charge is 0.322 e. The van der Waals surface area contributed by atoms with Crippen LogP contribution < -0.4 is 20.7 Å². The number of halogens is 1. The highest BCUT2D eigenvalue weighted by Crippen LogP contribution is 2.15. The molecule has 0 aromatic heterocycles. The number of benzene rings is 1. The van der Waals surface area contributed by atoms with Crippen LogP contribution >= 0.6 is 11.6 Å². The minimum Gasteiger partial charge on any atom is -0.484 e. The highest BCUT2D eigenvalue weighted by atomic mass is 35.5. The molecule has 1 unspecified atom stereocenters. The van der Waals surface area contributed by atoms with Crippen molar-refractivity contribution in [1.29, 1.82) is 0 Å². The van der Waals surface area contributed by atoms with Crippen molar-refractivity contribution in [1.82, 2.24) is 16.0 Å². The zero-order chi connectivity index (χ0) is 15.2. The summed E-state index contributed by atoms with van der Waals surface area (Å²) in [5.41, 5.74) is 0. The van der Waals surface area contributed by atoms with Crippen molar-refractivity contribution in [2.24, 2.45) is 0 Å². The molecule has 0 bridgehead atoms. The standard InChI is InChI=1S/C13H14ClN3O4/c14-8-1-3-9(4-2-8)21-7-11(18)15-6-5-10-12(19)17-13(20)16-10/h1-4,10H,5-7H2,(H,15,18)(H2,16,17,19,20). The number of carbonyl (C=O) groups excluding carboxylic acids is 3. The molecule has 1 fully saturated rings. The van der Waals surface area contributed by atoms with Crippen molar-refractivity contribution < 1.29 is 19.1 Å². The van der Waals surface area contributed by atoms with Crippen LogP contribution in [-0.4, -0.2) is 37.0 Å². The molecule has 7 nitrogen and oxygen atoms in total. The van der Waals surface area contributed by atoms with Gasteiger partial charge in [0, 0.05) is 11.6 Å². The number of urea groups is 1. The predicted octanol–water partition coefficient (Wildman–Crippen LogP) is 0.433. The maximum Gasteiger partial charge on any atom is 0.322 e. The van der Waals surface area contributed by atoms with E-state index in [2.05, 4.69) is 16.0 Å². The fraction of sp³-hybridized carbons (Fsp3) is 0.308. The minimum atomic E-state index is -0.602. The summed E-state index contributed by atoms with van der Waals surface area (Å²) in [6.07, 6.45) is 0.324. The molecule has 0 aliphatic carbocycles. The number of carbonyl (C=O) groups is 3. The van der Waals surface area contributed by atoms with Crippen molar-refractivity contribution in [3.8, 4) is 5.75 Å². The summed E-state index contributed by atoms with van der Waals surface area (Å²) in [4.78, 5) is 33.7. The molecule has 21 heavy (non-hydrogen) atoms. The summed E-state index contributed by atoms with van der Waals surface area (Å²) < 4.78 is 5.26. The van der Waals surface area contributed by atoms with Crippen LogP contribution in [0.1, 0.15) is 6.42 Å². The fourth-order valence-corrected chi connectivity index (χ4v) is 1.87. The quantitative estimate of drug-likeness (QED) is 0.664. The molecule has 3 N–H and O–H groups in total. The first-order valence-electron chi connectivity index (χ1n) is 6.31. The molecular formula is C13H14ClN3O4. The molecule has 4 amide bonds. The number of imide groups is 1. The van der Waals surface area contributed by atoms with Crippen LogP contribution in [0.15, 0.2) is 24.3 Å². The van der Waals surface area contributed by atoms with E-state index in [4.69, 9.17) is 16.3 Å². The van der Waals surface area contributed by atoms with Crippen molar-refractivity contribution in [3.05, 3.63) is 29.3 Å². The molecule has 1 atom stereocenters. The molecule has 1 aromatic rings. The molecule has 1 aliphatic heterocycles. The zero-order valence-corrected chi connectivity index (χ0v) is 11.8. The van der Waals surface area contributed by atoms with E-state index in [1.165, 1.54) is 0 Å². The van der Waals surface area contributed by atoms with Gasteiger partial charge in [0.1, 0.15) is 11.8 Å². The van der Waals surface area contributed by atoms with E-state index >= 15 is 0 Å². The van der Waals surface area contributed by atoms with Crippen LogP contribution in [0, 0.1) is 0 Å². The van der Waals surface area contributed by atoms with Gasteiger partial charge in [-0.2, -0.15) is 0 Å². The lowest BCUT2D eigenvalue weighted by Crippen LogP contribution is -2.36. The molecule has 8 heteroatoms. The van der Waals surface area contributed by atoms with Gasteiger partial charge in [0.05, 0.1) is 0 Å². The van der Waals surface area contributed by atoms with Crippen molar-refractivity contribution in [2.75, 3.05) is 13.2 Å². The second kappa shape index (κ2) is 6.94. The van der Waals surface area contributed by atoms with Gasteiger partial charge in [-0.15, -0.1) is 0 Å². The van der Waals surface area contributed by atoms with Crippen molar-refractivity contribution in [2.45, 2.75) is 12.5 Å². The second-order valence-corrected chi connectivity index (χ2v) is 4.83. The summed E-state index contributed by atoms with van der Waals surface area (Å²) in [5, 5.41) is 7.76. The first-order valence-corrected chi connectivity index (χ1v) is 6.69. The van der Waals surface area contributed by atoms with Crippen LogP contribution in [0.5, 0.6) is 5.75 Å². The molecule has 0 radical (unpaired) electrons. The number of rotatable bonds is 6. The summed E-state index contributed by atoms with van der Waals surface area (Å²) in [6, 6.07) is 5.53. The molecular weight excluding hydrogens is 298 g/mol. The van der Waals surface area contributed by atoms with Crippen molar-refractivity contribution in [3.63, 3.8) is 0 Å². The SMILES string of the molecule is O=C(COc1ccc(Cl)cc1)NCCC1NC(=O)NC1=O. The van der Waals surface area contributed by atoms with Crippen LogP contribution in [0.2, 0.25) is 5.02 Å². The zero-order valence-electron chi connectivity index (χ0n) is 11.0. The monoisotopic (exact) mass is 311 g/mol. The Morgan fingerprint density at radius 2 is 2.00 bits per heavy atom. The van der Waals surface area contributed by atoms with Crippen LogP contribution in [0.3, 0.4) is 0 Å². The highest BCUT2D eigenvalue weighted by molar-refractivity contribution is 6.30. The van der Waals surface area contributed by atoms with Crippen LogP contribution in [0.25, 0.3) is 0 Å². The molecule has 1 aromatic carbocycles. The number of ether oxygens (including phenoxy) is 1. The number of amides is 4. The van der Waals surface area contributed by atoms with Gasteiger partial charge < -0.3 is 15.4 Å². The largest absolute Gasteiger partial charge is 0.484 e. The average molecular weight is 312 g/mol. The first kappa shape index (κ1) is 15.1. The predicted molar refractivity (Wildman–Crippen MR) is 75.0 cm³/mol. The fourth-order valence-electron chi connectivity index (χ4n) is 1.75. The van der Waals surface area contributed by atoms with Crippen LogP contribution in [0.4, 0.5) is 4.79 Å². The lowest BCUT2D eigenvalue weighted by atomic mass is 10.2. The highest BCUT2D eigenvalue weighted by Gasteiger charge is 2.28. The number of hydrogen-bond acceptors (Lipinski definition) is 4. The Kier molecular flexibility index (Phi) is 4.99. The van der Waals surface area contributed by atoms with Gasteiger partial charge in [0.25, 0.3) is 11.8 Å². The van der Waals surface area contributed by atoms with E-state index in [0.29, 0.717) is 17.2 Å². The summed E-state index contributed by atoms with van der Waals surface area (Å²) >= 11 is 5.73. The van der Waals surface area contributed by atoms with Crippen LogP contribution in [-0.2, 0) is 9.59 Å². The molecule has 112 valence electrons. The van der Waals surface area contributed by atoms with E-state index in [-0.39, 0.29) is 25.0 Å². The van der Waals surface area contributed by atoms with E-state index in [1.54, 1.807) is 24.3 Å². The number of hydrogen-bond donors (Lipinski definition) is 3. The van der Waals surface area contributed by atoms with E-state index in [0.717, 1.165) is 0 Å². The van der Waals surface area contributed by atoms with Crippen molar-refractivity contribution >= 4 is 29.4 Å².